The molecule has 0 aliphatic carbocycles. The molecule has 0 saturated carbocycles. The Morgan fingerprint density at radius 3 is 2.64 bits per heavy atom. The maximum Gasteiger partial charge on any atom is 0.0749 e. The molecule has 0 radical (unpaired) electrons. The van der Waals surface area contributed by atoms with Crippen molar-refractivity contribution < 1.29 is 5.11 Å². The van der Waals surface area contributed by atoms with Crippen LogP contribution < -0.4 is 0 Å². The van der Waals surface area contributed by atoms with Crippen LogP contribution in [0.5, 0.6) is 0 Å². The van der Waals surface area contributed by atoms with Crippen LogP contribution in [0.3, 0.4) is 0 Å². The monoisotopic (exact) mass is 211 g/mol. The molecule has 76 valence electrons. The van der Waals surface area contributed by atoms with Crippen LogP contribution in [0.4, 0.5) is 0 Å². The molecular formula is C11H14ClNO. The van der Waals surface area contributed by atoms with E-state index in [4.69, 9.17) is 11.8 Å². The number of nitrogens with zero attached hydrogens (tertiary/aromatic N) is 1. The van der Waals surface area contributed by atoms with Gasteiger partial charge in [0, 0.05) is 19.0 Å². The summed E-state index contributed by atoms with van der Waals surface area (Å²) in [6, 6.07) is 10.1. The Morgan fingerprint density at radius 1 is 1.29 bits per heavy atom. The number of aliphatic hydroxyl groups is 1. The summed E-state index contributed by atoms with van der Waals surface area (Å²) in [4.78, 5) is 0. The first-order valence-electron chi connectivity index (χ1n) is 4.91. The normalized spacial score (nSPS) is 29.0. The molecule has 1 saturated heterocycles. The number of piperidine rings is 1. The van der Waals surface area contributed by atoms with Gasteiger partial charge in [-0.3, -0.25) is 0 Å². The smallest absolute Gasteiger partial charge is 0.0749 e. The van der Waals surface area contributed by atoms with Gasteiger partial charge in [-0.1, -0.05) is 30.3 Å². The fourth-order valence-corrected chi connectivity index (χ4v) is 2.22. The van der Waals surface area contributed by atoms with Gasteiger partial charge >= 0.3 is 0 Å². The summed E-state index contributed by atoms with van der Waals surface area (Å²) < 4.78 is 1.66. The number of benzene rings is 1. The summed E-state index contributed by atoms with van der Waals surface area (Å²) in [5.74, 6) is 0.242. The highest BCUT2D eigenvalue weighted by molar-refractivity contribution is 6.13. The molecule has 2 unspecified atom stereocenters. The van der Waals surface area contributed by atoms with E-state index in [1.54, 1.807) is 4.42 Å². The molecule has 3 heteroatoms. The van der Waals surface area contributed by atoms with Crippen molar-refractivity contribution in [2.75, 3.05) is 13.1 Å². The van der Waals surface area contributed by atoms with Crippen LogP contribution in [0.1, 0.15) is 17.9 Å². The van der Waals surface area contributed by atoms with Crippen molar-refractivity contribution in [3.63, 3.8) is 0 Å². The first-order valence-corrected chi connectivity index (χ1v) is 5.25. The molecule has 0 spiro atoms. The Kier molecular flexibility index (Phi) is 3.06. The highest BCUT2D eigenvalue weighted by Crippen LogP contribution is 2.28. The predicted molar refractivity (Wildman–Crippen MR) is 57.2 cm³/mol. The van der Waals surface area contributed by atoms with Gasteiger partial charge in [-0.05, 0) is 23.8 Å². The largest absolute Gasteiger partial charge is 0.391 e. The molecular weight excluding hydrogens is 198 g/mol. The van der Waals surface area contributed by atoms with Crippen LogP contribution >= 0.6 is 11.8 Å². The number of halogens is 1. The number of hydrogen-bond acceptors (Lipinski definition) is 2. The lowest BCUT2D eigenvalue weighted by Gasteiger charge is -2.32. The highest BCUT2D eigenvalue weighted by atomic mass is 35.5. The van der Waals surface area contributed by atoms with E-state index in [1.165, 1.54) is 5.56 Å². The third-order valence-corrected chi connectivity index (χ3v) is 3.07. The molecule has 2 nitrogen and oxygen atoms in total. The van der Waals surface area contributed by atoms with Crippen molar-refractivity contribution in [3.8, 4) is 0 Å². The predicted octanol–water partition coefficient (Wildman–Crippen LogP) is 1.99. The second kappa shape index (κ2) is 4.30. The van der Waals surface area contributed by atoms with Crippen molar-refractivity contribution in [1.29, 1.82) is 0 Å². The van der Waals surface area contributed by atoms with Crippen molar-refractivity contribution in [2.24, 2.45) is 0 Å². The van der Waals surface area contributed by atoms with E-state index in [2.05, 4.69) is 12.1 Å². The van der Waals surface area contributed by atoms with Crippen molar-refractivity contribution in [1.82, 2.24) is 4.42 Å². The molecule has 0 bridgehead atoms. The SMILES string of the molecule is OC1CN(Cl)CCC1c1ccccc1. The Balaban J connectivity index is 2.12. The minimum atomic E-state index is -0.344. The van der Waals surface area contributed by atoms with Crippen molar-refractivity contribution >= 4 is 11.8 Å². The maximum absolute atomic E-state index is 9.87. The molecule has 1 aliphatic rings. The van der Waals surface area contributed by atoms with E-state index >= 15 is 0 Å². The van der Waals surface area contributed by atoms with Crippen molar-refractivity contribution in [2.45, 2.75) is 18.4 Å². The Hall–Kier alpha value is -0.570. The number of aliphatic hydroxyl groups excluding tert-OH is 1. The molecule has 0 amide bonds. The lowest BCUT2D eigenvalue weighted by molar-refractivity contribution is 0.0867. The molecule has 2 rings (SSSR count). The van der Waals surface area contributed by atoms with Crippen LogP contribution in [0.2, 0.25) is 0 Å². The molecule has 1 heterocycles. The average molecular weight is 212 g/mol. The van der Waals surface area contributed by atoms with Gasteiger partial charge in [0.1, 0.15) is 0 Å². The first kappa shape index (κ1) is 9.97. The zero-order valence-electron chi connectivity index (χ0n) is 7.94. The van der Waals surface area contributed by atoms with Crippen LogP contribution in [-0.4, -0.2) is 28.7 Å². The Morgan fingerprint density at radius 2 is 2.00 bits per heavy atom. The number of rotatable bonds is 1. The second-order valence-corrected chi connectivity index (χ2v) is 4.22. The maximum atomic E-state index is 9.87. The minimum absolute atomic E-state index is 0.242. The molecule has 14 heavy (non-hydrogen) atoms. The summed E-state index contributed by atoms with van der Waals surface area (Å²) in [5.41, 5.74) is 1.21. The Labute approximate surface area is 89.2 Å². The second-order valence-electron chi connectivity index (χ2n) is 3.74. The van der Waals surface area contributed by atoms with Gasteiger partial charge in [0.2, 0.25) is 0 Å². The number of hydrogen-bond donors (Lipinski definition) is 1. The van der Waals surface area contributed by atoms with E-state index in [1.807, 2.05) is 18.2 Å². The molecule has 1 aromatic carbocycles. The summed E-state index contributed by atoms with van der Waals surface area (Å²) in [6.07, 6.45) is 0.581. The zero-order chi connectivity index (χ0) is 9.97. The van der Waals surface area contributed by atoms with E-state index in [0.717, 1.165) is 13.0 Å². The third-order valence-electron chi connectivity index (χ3n) is 2.76. The molecule has 1 fully saturated rings. The van der Waals surface area contributed by atoms with Crippen LogP contribution in [0.25, 0.3) is 0 Å². The molecule has 1 aliphatic heterocycles. The number of β-amino-alcohol motifs (C(OH)–C–C–N with tert-alkyl or cyclic N) is 1. The van der Waals surface area contributed by atoms with Crippen LogP contribution in [0, 0.1) is 0 Å². The highest BCUT2D eigenvalue weighted by Gasteiger charge is 2.27. The zero-order valence-corrected chi connectivity index (χ0v) is 8.69. The topological polar surface area (TPSA) is 23.5 Å². The first-order chi connectivity index (χ1) is 6.77. The quantitative estimate of drug-likeness (QED) is 0.719. The van der Waals surface area contributed by atoms with Gasteiger partial charge < -0.3 is 5.11 Å². The summed E-state index contributed by atoms with van der Waals surface area (Å²) >= 11 is 5.84. The minimum Gasteiger partial charge on any atom is -0.391 e. The summed E-state index contributed by atoms with van der Waals surface area (Å²) in [6.45, 7) is 1.40. The van der Waals surface area contributed by atoms with Gasteiger partial charge in [0.05, 0.1) is 6.10 Å². The lowest BCUT2D eigenvalue weighted by atomic mass is 9.88. The van der Waals surface area contributed by atoms with Crippen molar-refractivity contribution in [3.05, 3.63) is 35.9 Å². The molecule has 1 aromatic rings. The standard InChI is InChI=1S/C11H14ClNO/c12-13-7-6-10(11(14)8-13)9-4-2-1-3-5-9/h1-5,10-11,14H,6-8H2. The van der Waals surface area contributed by atoms with Gasteiger partial charge in [0.25, 0.3) is 0 Å². The van der Waals surface area contributed by atoms with Gasteiger partial charge in [0.15, 0.2) is 0 Å². The molecule has 1 N–H and O–H groups in total. The van der Waals surface area contributed by atoms with Gasteiger partial charge in [-0.15, -0.1) is 0 Å². The average Bonchev–Trinajstić information content (AvgIpc) is 2.19. The van der Waals surface area contributed by atoms with Crippen LogP contribution in [0.15, 0.2) is 30.3 Å². The summed E-state index contributed by atoms with van der Waals surface area (Å²) in [7, 11) is 0. The van der Waals surface area contributed by atoms with Gasteiger partial charge in [-0.25, -0.2) is 4.42 Å². The van der Waals surface area contributed by atoms with E-state index in [0.29, 0.717) is 6.54 Å². The molecule has 0 aromatic heterocycles. The lowest BCUT2D eigenvalue weighted by Crippen LogP contribution is -2.37. The third kappa shape index (κ3) is 2.08. The Bertz CT molecular complexity index is 291. The fourth-order valence-electron chi connectivity index (χ4n) is 1.98. The van der Waals surface area contributed by atoms with E-state index in [9.17, 15) is 5.11 Å². The van der Waals surface area contributed by atoms with Gasteiger partial charge in [-0.2, -0.15) is 0 Å². The summed E-state index contributed by atoms with van der Waals surface area (Å²) in [5, 5.41) is 9.87. The van der Waals surface area contributed by atoms with Crippen LogP contribution in [-0.2, 0) is 0 Å². The fraction of sp³-hybridized carbons (Fsp3) is 0.455. The molecule has 2 atom stereocenters. The van der Waals surface area contributed by atoms with E-state index < -0.39 is 0 Å². The van der Waals surface area contributed by atoms with E-state index in [-0.39, 0.29) is 12.0 Å².